The molecule has 132 valence electrons. The lowest BCUT2D eigenvalue weighted by Gasteiger charge is -2.09. The summed E-state index contributed by atoms with van der Waals surface area (Å²) in [7, 11) is 0. The summed E-state index contributed by atoms with van der Waals surface area (Å²) < 4.78 is 5.37. The second kappa shape index (κ2) is 9.47. The van der Waals surface area contributed by atoms with Gasteiger partial charge < -0.3 is 15.4 Å². The Hall–Kier alpha value is -2.82. The van der Waals surface area contributed by atoms with Gasteiger partial charge >= 0.3 is 0 Å². The topological polar surface area (TPSA) is 67.4 Å². The van der Waals surface area contributed by atoms with E-state index in [9.17, 15) is 9.59 Å². The van der Waals surface area contributed by atoms with E-state index in [0.717, 1.165) is 16.9 Å². The summed E-state index contributed by atoms with van der Waals surface area (Å²) in [5.74, 6) is 0.596. The number of ether oxygens (including phenoxy) is 1. The molecule has 0 bridgehead atoms. The second-order valence-corrected chi connectivity index (χ2v) is 5.67. The van der Waals surface area contributed by atoms with E-state index in [0.29, 0.717) is 31.7 Å². The van der Waals surface area contributed by atoms with Gasteiger partial charge in [0, 0.05) is 18.7 Å². The van der Waals surface area contributed by atoms with Crippen LogP contribution in [0, 0.1) is 6.92 Å². The first-order valence-electron chi connectivity index (χ1n) is 8.42. The van der Waals surface area contributed by atoms with Gasteiger partial charge in [0.15, 0.2) is 0 Å². The van der Waals surface area contributed by atoms with E-state index in [4.69, 9.17) is 4.74 Å². The molecule has 5 nitrogen and oxygen atoms in total. The number of hydrogen-bond acceptors (Lipinski definition) is 3. The fourth-order valence-electron chi connectivity index (χ4n) is 2.42. The van der Waals surface area contributed by atoms with E-state index < -0.39 is 0 Å². The average molecular weight is 340 g/mol. The van der Waals surface area contributed by atoms with Crippen LogP contribution in [0.3, 0.4) is 0 Å². The summed E-state index contributed by atoms with van der Waals surface area (Å²) in [5, 5.41) is 5.62. The molecule has 0 heterocycles. The van der Waals surface area contributed by atoms with Crippen molar-refractivity contribution in [3.05, 3.63) is 65.2 Å². The Balaban J connectivity index is 1.70. The number of benzene rings is 2. The van der Waals surface area contributed by atoms with Gasteiger partial charge in [0.05, 0.1) is 13.0 Å². The van der Waals surface area contributed by atoms with Crippen molar-refractivity contribution < 1.29 is 14.3 Å². The van der Waals surface area contributed by atoms with Crippen molar-refractivity contribution in [1.82, 2.24) is 10.6 Å². The average Bonchev–Trinajstić information content (AvgIpc) is 2.61. The van der Waals surface area contributed by atoms with E-state index in [1.165, 1.54) is 0 Å². The molecule has 2 rings (SSSR count). The third-order valence-corrected chi connectivity index (χ3v) is 3.72. The van der Waals surface area contributed by atoms with Crippen LogP contribution in [0.25, 0.3) is 0 Å². The molecule has 5 heteroatoms. The molecule has 0 aliphatic heterocycles. The Morgan fingerprint density at radius 2 is 1.64 bits per heavy atom. The van der Waals surface area contributed by atoms with Gasteiger partial charge in [0.2, 0.25) is 5.91 Å². The van der Waals surface area contributed by atoms with Gasteiger partial charge in [-0.05, 0) is 43.2 Å². The Labute approximate surface area is 148 Å². The SMILES string of the molecule is CCOc1ccc(CC(=O)NCCNC(=O)c2ccccc2C)cc1. The lowest BCUT2D eigenvalue weighted by atomic mass is 10.1. The molecule has 0 atom stereocenters. The Kier molecular flexibility index (Phi) is 7.01. The predicted molar refractivity (Wildman–Crippen MR) is 97.8 cm³/mol. The summed E-state index contributed by atoms with van der Waals surface area (Å²) in [5.41, 5.74) is 2.51. The van der Waals surface area contributed by atoms with Crippen molar-refractivity contribution in [3.8, 4) is 5.75 Å². The highest BCUT2D eigenvalue weighted by atomic mass is 16.5. The molecule has 0 unspecified atom stereocenters. The standard InChI is InChI=1S/C20H24N2O3/c1-3-25-17-10-8-16(9-11-17)14-19(23)21-12-13-22-20(24)18-7-5-4-6-15(18)2/h4-11H,3,12-14H2,1-2H3,(H,21,23)(H,22,24). The van der Waals surface area contributed by atoms with Gasteiger partial charge in [-0.2, -0.15) is 0 Å². The second-order valence-electron chi connectivity index (χ2n) is 5.67. The van der Waals surface area contributed by atoms with E-state index >= 15 is 0 Å². The number of rotatable bonds is 8. The van der Waals surface area contributed by atoms with E-state index in [-0.39, 0.29) is 11.8 Å². The highest BCUT2D eigenvalue weighted by molar-refractivity contribution is 5.95. The first kappa shape index (κ1) is 18.5. The van der Waals surface area contributed by atoms with Gasteiger partial charge in [0.1, 0.15) is 5.75 Å². The molecule has 0 saturated heterocycles. The maximum absolute atomic E-state index is 12.1. The molecule has 0 aliphatic rings. The molecule has 0 spiro atoms. The zero-order valence-corrected chi connectivity index (χ0v) is 14.7. The van der Waals surface area contributed by atoms with E-state index in [1.54, 1.807) is 6.07 Å². The first-order valence-corrected chi connectivity index (χ1v) is 8.42. The summed E-state index contributed by atoms with van der Waals surface area (Å²) in [6.45, 7) is 5.23. The minimum absolute atomic E-state index is 0.0747. The minimum Gasteiger partial charge on any atom is -0.494 e. The zero-order chi connectivity index (χ0) is 18.1. The molecule has 0 fully saturated rings. The number of nitrogens with one attached hydrogen (secondary N) is 2. The highest BCUT2D eigenvalue weighted by Gasteiger charge is 2.08. The molecule has 0 saturated carbocycles. The van der Waals surface area contributed by atoms with Crippen molar-refractivity contribution in [3.63, 3.8) is 0 Å². The van der Waals surface area contributed by atoms with Crippen molar-refractivity contribution in [2.75, 3.05) is 19.7 Å². The molecule has 2 aromatic carbocycles. The van der Waals surface area contributed by atoms with E-state index in [2.05, 4.69) is 10.6 Å². The minimum atomic E-state index is -0.126. The van der Waals surface area contributed by atoms with Gasteiger partial charge in [0.25, 0.3) is 5.91 Å². The van der Waals surface area contributed by atoms with Crippen LogP contribution in [0.4, 0.5) is 0 Å². The highest BCUT2D eigenvalue weighted by Crippen LogP contribution is 2.12. The van der Waals surface area contributed by atoms with Crippen molar-refractivity contribution in [2.45, 2.75) is 20.3 Å². The number of carbonyl (C=O) groups excluding carboxylic acids is 2. The number of hydrogen-bond donors (Lipinski definition) is 2. The van der Waals surface area contributed by atoms with Crippen LogP contribution >= 0.6 is 0 Å². The van der Waals surface area contributed by atoms with Crippen molar-refractivity contribution in [2.24, 2.45) is 0 Å². The molecular weight excluding hydrogens is 316 g/mol. The van der Waals surface area contributed by atoms with Gasteiger partial charge in [-0.15, -0.1) is 0 Å². The number of aryl methyl sites for hydroxylation is 1. The fraction of sp³-hybridized carbons (Fsp3) is 0.300. The molecule has 0 radical (unpaired) electrons. The quantitative estimate of drug-likeness (QED) is 0.726. The van der Waals surface area contributed by atoms with Crippen LogP contribution in [0.5, 0.6) is 5.75 Å². The predicted octanol–water partition coefficient (Wildman–Crippen LogP) is 2.48. The van der Waals surface area contributed by atoms with Gasteiger partial charge in [-0.25, -0.2) is 0 Å². The Morgan fingerprint density at radius 3 is 2.32 bits per heavy atom. The van der Waals surface area contributed by atoms with Crippen molar-refractivity contribution in [1.29, 1.82) is 0 Å². The number of carbonyl (C=O) groups is 2. The third-order valence-electron chi connectivity index (χ3n) is 3.72. The van der Waals surface area contributed by atoms with E-state index in [1.807, 2.05) is 56.3 Å². The monoisotopic (exact) mass is 340 g/mol. The van der Waals surface area contributed by atoms with Crippen molar-refractivity contribution >= 4 is 11.8 Å². The lowest BCUT2D eigenvalue weighted by molar-refractivity contribution is -0.120. The summed E-state index contributed by atoms with van der Waals surface area (Å²) >= 11 is 0. The largest absolute Gasteiger partial charge is 0.494 e. The Bertz CT molecular complexity index is 711. The molecule has 25 heavy (non-hydrogen) atoms. The first-order chi connectivity index (χ1) is 12.1. The molecule has 2 amide bonds. The van der Waals surface area contributed by atoms with Crippen LogP contribution in [-0.4, -0.2) is 31.5 Å². The molecule has 0 aliphatic carbocycles. The summed E-state index contributed by atoms with van der Waals surface area (Å²) in [6.07, 6.45) is 0.304. The van der Waals surface area contributed by atoms with Crippen LogP contribution in [0.15, 0.2) is 48.5 Å². The maximum Gasteiger partial charge on any atom is 0.251 e. The lowest BCUT2D eigenvalue weighted by Crippen LogP contribution is -2.35. The normalized spacial score (nSPS) is 10.2. The molecule has 2 aromatic rings. The maximum atomic E-state index is 12.1. The van der Waals surface area contributed by atoms with Crippen LogP contribution in [0.2, 0.25) is 0 Å². The van der Waals surface area contributed by atoms with Crippen LogP contribution < -0.4 is 15.4 Å². The summed E-state index contributed by atoms with van der Waals surface area (Å²) in [6, 6.07) is 14.9. The van der Waals surface area contributed by atoms with Gasteiger partial charge in [-0.1, -0.05) is 30.3 Å². The van der Waals surface area contributed by atoms with Crippen LogP contribution in [-0.2, 0) is 11.2 Å². The Morgan fingerprint density at radius 1 is 0.960 bits per heavy atom. The molecule has 0 aromatic heterocycles. The molecular formula is C20H24N2O3. The molecule has 2 N–H and O–H groups in total. The fourth-order valence-corrected chi connectivity index (χ4v) is 2.42. The zero-order valence-electron chi connectivity index (χ0n) is 14.7. The van der Waals surface area contributed by atoms with Gasteiger partial charge in [-0.3, -0.25) is 9.59 Å². The smallest absolute Gasteiger partial charge is 0.251 e. The van der Waals surface area contributed by atoms with Crippen LogP contribution in [0.1, 0.15) is 28.4 Å². The third kappa shape index (κ3) is 5.95. The number of amides is 2. The summed E-state index contributed by atoms with van der Waals surface area (Å²) in [4.78, 5) is 24.0.